The predicted octanol–water partition coefficient (Wildman–Crippen LogP) is 1.59. The Labute approximate surface area is 99.7 Å². The van der Waals surface area contributed by atoms with E-state index in [4.69, 9.17) is 0 Å². The fourth-order valence-electron chi connectivity index (χ4n) is 2.53. The highest BCUT2D eigenvalue weighted by atomic mass is 16.3. The molecule has 1 fully saturated rings. The number of aromatic hydroxyl groups is 1. The number of hydrogen-bond acceptors (Lipinski definition) is 4. The summed E-state index contributed by atoms with van der Waals surface area (Å²) >= 11 is 0. The van der Waals surface area contributed by atoms with Crippen LogP contribution in [0.4, 0.5) is 0 Å². The lowest BCUT2D eigenvalue weighted by molar-refractivity contribution is 0.178. The van der Waals surface area contributed by atoms with E-state index in [2.05, 4.69) is 22.1 Å². The smallest absolute Gasteiger partial charge is 0.161 e. The molecular weight excluding hydrogens is 216 g/mol. The van der Waals surface area contributed by atoms with Crippen molar-refractivity contribution in [2.45, 2.75) is 25.3 Å². The lowest BCUT2D eigenvalue weighted by Gasteiger charge is -2.30. The molecule has 3 rings (SSSR count). The molecule has 2 aromatic rings. The first-order valence-electron chi connectivity index (χ1n) is 5.99. The molecule has 1 saturated heterocycles. The summed E-state index contributed by atoms with van der Waals surface area (Å²) in [5.41, 5.74) is 0.789. The van der Waals surface area contributed by atoms with Crippen molar-refractivity contribution >= 4 is 5.65 Å². The lowest BCUT2D eigenvalue weighted by Crippen LogP contribution is -2.30. The Kier molecular flexibility index (Phi) is 2.48. The fraction of sp³-hybridized carbons (Fsp3) is 0.500. The number of hydrogen-bond donors (Lipinski definition) is 1. The van der Waals surface area contributed by atoms with Gasteiger partial charge in [-0.3, -0.25) is 9.30 Å². The van der Waals surface area contributed by atoms with E-state index in [1.807, 2.05) is 4.40 Å². The number of aromatic nitrogens is 3. The van der Waals surface area contributed by atoms with Crippen LogP contribution in [0.15, 0.2) is 18.3 Å². The van der Waals surface area contributed by atoms with Crippen LogP contribution in [-0.2, 0) is 0 Å². The highest BCUT2D eigenvalue weighted by Gasteiger charge is 2.25. The van der Waals surface area contributed by atoms with Gasteiger partial charge in [-0.05, 0) is 38.6 Å². The molecule has 3 heterocycles. The minimum Gasteiger partial charge on any atom is -0.506 e. The van der Waals surface area contributed by atoms with Gasteiger partial charge in [-0.15, -0.1) is 10.2 Å². The monoisotopic (exact) mass is 232 g/mol. The van der Waals surface area contributed by atoms with E-state index in [1.165, 1.54) is 12.8 Å². The molecule has 0 aromatic carbocycles. The van der Waals surface area contributed by atoms with Gasteiger partial charge in [0.1, 0.15) is 5.75 Å². The van der Waals surface area contributed by atoms with Crippen molar-refractivity contribution in [1.29, 1.82) is 0 Å². The molecule has 1 atom stereocenters. The van der Waals surface area contributed by atoms with E-state index < -0.39 is 0 Å². The molecule has 0 spiro atoms. The van der Waals surface area contributed by atoms with Gasteiger partial charge in [0.05, 0.1) is 12.2 Å². The Bertz CT molecular complexity index is 536. The first-order chi connectivity index (χ1) is 8.25. The second kappa shape index (κ2) is 4.00. The van der Waals surface area contributed by atoms with Crippen LogP contribution in [0.3, 0.4) is 0 Å². The van der Waals surface area contributed by atoms with Crippen LogP contribution in [0.25, 0.3) is 5.65 Å². The SMILES string of the molecule is CN1CCCCC1c1nnc2ccc(O)cn12. The Balaban J connectivity index is 2.07. The second-order valence-corrected chi connectivity index (χ2v) is 4.67. The first-order valence-corrected chi connectivity index (χ1v) is 5.99. The summed E-state index contributed by atoms with van der Waals surface area (Å²) < 4.78 is 1.89. The van der Waals surface area contributed by atoms with Crippen molar-refractivity contribution in [3.63, 3.8) is 0 Å². The zero-order valence-electron chi connectivity index (χ0n) is 9.87. The number of pyridine rings is 1. The summed E-state index contributed by atoms with van der Waals surface area (Å²) in [4.78, 5) is 2.31. The summed E-state index contributed by atoms with van der Waals surface area (Å²) in [5.74, 6) is 1.18. The molecule has 0 aliphatic carbocycles. The molecular formula is C12H16N4O. The number of likely N-dealkylation sites (tertiary alicyclic amines) is 1. The largest absolute Gasteiger partial charge is 0.506 e. The summed E-state index contributed by atoms with van der Waals surface area (Å²) in [6.45, 7) is 1.10. The maximum absolute atomic E-state index is 9.55. The van der Waals surface area contributed by atoms with E-state index in [1.54, 1.807) is 18.3 Å². The number of rotatable bonds is 1. The van der Waals surface area contributed by atoms with Gasteiger partial charge < -0.3 is 5.11 Å². The van der Waals surface area contributed by atoms with Gasteiger partial charge in [0.15, 0.2) is 11.5 Å². The molecule has 1 unspecified atom stereocenters. The van der Waals surface area contributed by atoms with Gasteiger partial charge in [-0.1, -0.05) is 6.42 Å². The zero-order chi connectivity index (χ0) is 11.8. The molecule has 17 heavy (non-hydrogen) atoms. The maximum Gasteiger partial charge on any atom is 0.161 e. The van der Waals surface area contributed by atoms with Crippen molar-refractivity contribution in [3.8, 4) is 5.75 Å². The van der Waals surface area contributed by atoms with E-state index in [0.717, 1.165) is 24.4 Å². The molecule has 0 saturated carbocycles. The minimum atomic E-state index is 0.247. The highest BCUT2D eigenvalue weighted by molar-refractivity contribution is 5.41. The Morgan fingerprint density at radius 2 is 2.18 bits per heavy atom. The van der Waals surface area contributed by atoms with Crippen molar-refractivity contribution < 1.29 is 5.11 Å². The van der Waals surface area contributed by atoms with Crippen molar-refractivity contribution in [3.05, 3.63) is 24.2 Å². The van der Waals surface area contributed by atoms with Crippen LogP contribution in [-0.4, -0.2) is 38.2 Å². The summed E-state index contributed by atoms with van der Waals surface area (Å²) in [6.07, 6.45) is 5.26. The van der Waals surface area contributed by atoms with E-state index >= 15 is 0 Å². The van der Waals surface area contributed by atoms with Crippen molar-refractivity contribution in [1.82, 2.24) is 19.5 Å². The van der Waals surface area contributed by atoms with Gasteiger partial charge in [-0.25, -0.2) is 0 Å². The second-order valence-electron chi connectivity index (χ2n) is 4.67. The quantitative estimate of drug-likeness (QED) is 0.811. The lowest BCUT2D eigenvalue weighted by atomic mass is 10.0. The average Bonchev–Trinajstić information content (AvgIpc) is 2.72. The third-order valence-electron chi connectivity index (χ3n) is 3.48. The average molecular weight is 232 g/mol. The molecule has 90 valence electrons. The van der Waals surface area contributed by atoms with Crippen LogP contribution in [0.5, 0.6) is 5.75 Å². The fourth-order valence-corrected chi connectivity index (χ4v) is 2.53. The van der Waals surface area contributed by atoms with Gasteiger partial charge in [0.2, 0.25) is 0 Å². The number of piperidine rings is 1. The van der Waals surface area contributed by atoms with Gasteiger partial charge >= 0.3 is 0 Å². The third kappa shape index (κ3) is 1.76. The maximum atomic E-state index is 9.55. The Hall–Kier alpha value is -1.62. The molecule has 0 radical (unpaired) electrons. The summed E-state index contributed by atoms with van der Waals surface area (Å²) in [7, 11) is 2.12. The summed E-state index contributed by atoms with van der Waals surface area (Å²) in [6, 6.07) is 3.73. The van der Waals surface area contributed by atoms with Crippen LogP contribution in [0.1, 0.15) is 31.1 Å². The van der Waals surface area contributed by atoms with E-state index in [9.17, 15) is 5.11 Å². The van der Waals surface area contributed by atoms with E-state index in [0.29, 0.717) is 6.04 Å². The highest BCUT2D eigenvalue weighted by Crippen LogP contribution is 2.28. The topological polar surface area (TPSA) is 53.7 Å². The van der Waals surface area contributed by atoms with E-state index in [-0.39, 0.29) is 5.75 Å². The third-order valence-corrected chi connectivity index (χ3v) is 3.48. The van der Waals surface area contributed by atoms with Crippen molar-refractivity contribution in [2.24, 2.45) is 0 Å². The molecule has 0 bridgehead atoms. The molecule has 1 aliphatic rings. The summed E-state index contributed by atoms with van der Waals surface area (Å²) in [5, 5.41) is 18.0. The first kappa shape index (κ1) is 10.5. The number of fused-ring (bicyclic) bond motifs is 1. The zero-order valence-corrected chi connectivity index (χ0v) is 9.87. The van der Waals surface area contributed by atoms with Gasteiger partial charge in [-0.2, -0.15) is 0 Å². The van der Waals surface area contributed by atoms with Crippen LogP contribution in [0.2, 0.25) is 0 Å². The van der Waals surface area contributed by atoms with Gasteiger partial charge in [0, 0.05) is 0 Å². The molecule has 5 heteroatoms. The molecule has 1 aliphatic heterocycles. The Morgan fingerprint density at radius 3 is 3.00 bits per heavy atom. The van der Waals surface area contributed by atoms with Crippen LogP contribution in [0, 0.1) is 0 Å². The number of nitrogens with zero attached hydrogens (tertiary/aromatic N) is 4. The minimum absolute atomic E-state index is 0.247. The molecule has 2 aromatic heterocycles. The van der Waals surface area contributed by atoms with Crippen LogP contribution >= 0.6 is 0 Å². The normalized spacial score (nSPS) is 22.1. The molecule has 5 nitrogen and oxygen atoms in total. The van der Waals surface area contributed by atoms with Crippen LogP contribution < -0.4 is 0 Å². The standard InChI is InChI=1S/C12H16N4O/c1-15-7-3-2-4-10(15)12-14-13-11-6-5-9(17)8-16(11)12/h5-6,8,10,17H,2-4,7H2,1H3. The predicted molar refractivity (Wildman–Crippen MR) is 63.9 cm³/mol. The molecule has 1 N–H and O–H groups in total. The molecule has 0 amide bonds. The van der Waals surface area contributed by atoms with Gasteiger partial charge in [0.25, 0.3) is 0 Å². The van der Waals surface area contributed by atoms with Crippen molar-refractivity contribution in [2.75, 3.05) is 13.6 Å². The Morgan fingerprint density at radius 1 is 1.29 bits per heavy atom.